The molecular weight excluding hydrogens is 778 g/mol. The van der Waals surface area contributed by atoms with Gasteiger partial charge < -0.3 is 16.4 Å². The van der Waals surface area contributed by atoms with Crippen molar-refractivity contribution in [2.75, 3.05) is 19.8 Å². The maximum atomic E-state index is 10.5. The Labute approximate surface area is 408 Å². The summed E-state index contributed by atoms with van der Waals surface area (Å²) in [5.74, 6) is 0.615. The summed E-state index contributed by atoms with van der Waals surface area (Å²) < 4.78 is 5.82. The van der Waals surface area contributed by atoms with Gasteiger partial charge in [0.1, 0.15) is 0 Å². The van der Waals surface area contributed by atoms with Crippen LogP contribution in [0.1, 0.15) is 47.3 Å². The van der Waals surface area contributed by atoms with Gasteiger partial charge in [-0.3, -0.25) is 0 Å². The number of halogens is 1. The number of rotatable bonds is 12. The summed E-state index contributed by atoms with van der Waals surface area (Å²) in [4.78, 5) is 0. The summed E-state index contributed by atoms with van der Waals surface area (Å²) in [5, 5.41) is 27.0. The number of aliphatic hydroxyl groups is 1. The standard InChI is InChI=1S/C21H20O.C12H12O.C12H11O.C9H11Cl.2Na.H/c1-2-17-10-12-18(13-11-17)16-22-15-14-20-8-5-7-19-6-3-4-9-21(19)20;2*13-9-8-11-6-3-5-10-4-1-2-7-12(10)11;1-2-8-3-5-9(7-10)6-4-8;;;/h2-13H,1,14-16H2;1-7,13H,8-9H2;1-7H,8-9H2;3-6H,2,7H2,1H3;;;/q;;-1;;2*+1;-1. The van der Waals surface area contributed by atoms with Gasteiger partial charge >= 0.3 is 59.1 Å². The molecule has 0 saturated carbocycles. The first kappa shape index (κ1) is 50.8. The van der Waals surface area contributed by atoms with Crippen LogP contribution in [0.2, 0.25) is 0 Å². The van der Waals surface area contributed by atoms with E-state index in [9.17, 15) is 5.11 Å². The minimum absolute atomic E-state index is 0. The topological polar surface area (TPSA) is 52.5 Å². The van der Waals surface area contributed by atoms with Crippen molar-refractivity contribution in [1.29, 1.82) is 0 Å². The van der Waals surface area contributed by atoms with Gasteiger partial charge in [-0.05, 0) is 96.9 Å². The van der Waals surface area contributed by atoms with E-state index < -0.39 is 0 Å². The molecule has 0 aromatic heterocycles. The molecule has 8 rings (SSSR count). The molecule has 0 aliphatic heterocycles. The molecule has 0 bridgehead atoms. The fourth-order valence-electron chi connectivity index (χ4n) is 6.75. The number of ether oxygens (including phenoxy) is 1. The fourth-order valence-corrected chi connectivity index (χ4v) is 6.93. The Kier molecular flexibility index (Phi) is 24.5. The first-order valence-electron chi connectivity index (χ1n) is 20.1. The van der Waals surface area contributed by atoms with Crippen molar-refractivity contribution in [3.8, 4) is 0 Å². The summed E-state index contributed by atoms with van der Waals surface area (Å²) >= 11 is 5.62. The maximum absolute atomic E-state index is 10.5. The van der Waals surface area contributed by atoms with Gasteiger partial charge in [-0.1, -0.05) is 196 Å². The second-order valence-electron chi connectivity index (χ2n) is 13.9. The SMILES string of the molecule is C=Cc1ccc(COCCc2cccc3ccccc23)cc1.CCc1ccc(CCl)cc1.OCCc1cccc2ccccc12.[H-].[Na+].[Na+].[O-]CCc1cccc2ccccc12. The van der Waals surface area contributed by atoms with Crippen LogP contribution in [-0.2, 0) is 42.9 Å². The van der Waals surface area contributed by atoms with Gasteiger partial charge in [0.05, 0.1) is 13.2 Å². The second-order valence-corrected chi connectivity index (χ2v) is 14.2. The Bertz CT molecular complexity index is 2320. The zero-order chi connectivity index (χ0) is 40.8. The largest absolute Gasteiger partial charge is 1.00 e. The van der Waals surface area contributed by atoms with Gasteiger partial charge in [0.2, 0.25) is 0 Å². The third-order valence-electron chi connectivity index (χ3n) is 9.98. The van der Waals surface area contributed by atoms with Crippen LogP contribution in [0.4, 0.5) is 0 Å². The fraction of sp³-hybridized carbons (Fsp3) is 0.185. The number of fused-ring (bicyclic) bond motifs is 3. The predicted molar refractivity (Wildman–Crippen MR) is 248 cm³/mol. The molecule has 0 aliphatic rings. The molecule has 0 amide bonds. The molecule has 0 radical (unpaired) electrons. The van der Waals surface area contributed by atoms with E-state index in [0.29, 0.717) is 18.9 Å². The van der Waals surface area contributed by atoms with E-state index in [1.54, 1.807) is 0 Å². The smallest absolute Gasteiger partial charge is 1.00 e. The van der Waals surface area contributed by atoms with Crippen molar-refractivity contribution in [3.63, 3.8) is 0 Å². The summed E-state index contributed by atoms with van der Waals surface area (Å²) in [6, 6.07) is 60.4. The minimum Gasteiger partial charge on any atom is -1.00 e. The van der Waals surface area contributed by atoms with Crippen molar-refractivity contribution in [1.82, 2.24) is 0 Å². The minimum atomic E-state index is -0.0337. The van der Waals surface area contributed by atoms with Crippen LogP contribution >= 0.6 is 11.6 Å². The van der Waals surface area contributed by atoms with Gasteiger partial charge in [-0.15, -0.1) is 18.2 Å². The van der Waals surface area contributed by atoms with Gasteiger partial charge in [-0.25, -0.2) is 0 Å². The molecule has 0 unspecified atom stereocenters. The van der Waals surface area contributed by atoms with E-state index in [2.05, 4.69) is 147 Å². The second kappa shape index (κ2) is 28.9. The van der Waals surface area contributed by atoms with E-state index in [1.165, 1.54) is 60.1 Å². The third kappa shape index (κ3) is 16.0. The molecule has 298 valence electrons. The molecule has 0 atom stereocenters. The van der Waals surface area contributed by atoms with Crippen LogP contribution in [0.25, 0.3) is 38.4 Å². The zero-order valence-corrected chi connectivity index (χ0v) is 40.3. The van der Waals surface area contributed by atoms with E-state index >= 15 is 0 Å². The summed E-state index contributed by atoms with van der Waals surface area (Å²) in [6.45, 7) is 7.48. The molecule has 0 saturated heterocycles. The van der Waals surface area contributed by atoms with Crippen molar-refractivity contribution < 1.29 is 75.5 Å². The molecule has 60 heavy (non-hydrogen) atoms. The van der Waals surface area contributed by atoms with E-state index in [1.807, 2.05) is 48.5 Å². The van der Waals surface area contributed by atoms with E-state index in [0.717, 1.165) is 37.0 Å². The first-order valence-corrected chi connectivity index (χ1v) is 20.6. The number of hydrogen-bond donors (Lipinski definition) is 1. The Balaban J connectivity index is 0.000000288. The summed E-state index contributed by atoms with van der Waals surface area (Å²) in [5.41, 5.74) is 8.63. The Morgan fingerprint density at radius 2 is 0.967 bits per heavy atom. The van der Waals surface area contributed by atoms with Crippen LogP contribution in [0.5, 0.6) is 0 Å². The van der Waals surface area contributed by atoms with Crippen molar-refractivity contribution >= 4 is 50.0 Å². The Hall–Kier alpha value is -3.55. The van der Waals surface area contributed by atoms with E-state index in [4.69, 9.17) is 21.4 Å². The van der Waals surface area contributed by atoms with Gasteiger partial charge in [-0.2, -0.15) is 0 Å². The molecule has 0 heterocycles. The number of aryl methyl sites for hydroxylation is 1. The van der Waals surface area contributed by atoms with Crippen molar-refractivity contribution in [2.45, 2.75) is 45.1 Å². The average Bonchev–Trinajstić information content (AvgIpc) is 3.29. The normalized spacial score (nSPS) is 10.1. The molecule has 0 fully saturated rings. The molecule has 6 heteroatoms. The number of alkyl halides is 1. The zero-order valence-electron chi connectivity index (χ0n) is 36.5. The molecule has 8 aromatic rings. The molecule has 0 spiro atoms. The van der Waals surface area contributed by atoms with Gasteiger partial charge in [0, 0.05) is 12.5 Å². The maximum Gasteiger partial charge on any atom is 1.00 e. The third-order valence-corrected chi connectivity index (χ3v) is 10.3. The average molecular weight is 833 g/mol. The molecule has 1 N–H and O–H groups in total. The van der Waals surface area contributed by atoms with Gasteiger partial charge in [0.15, 0.2) is 0 Å². The predicted octanol–water partition coefficient (Wildman–Crippen LogP) is 6.47. The number of aliphatic hydroxyl groups excluding tert-OH is 1. The van der Waals surface area contributed by atoms with E-state index in [-0.39, 0.29) is 73.8 Å². The van der Waals surface area contributed by atoms with Crippen LogP contribution in [0.15, 0.2) is 183 Å². The monoisotopic (exact) mass is 832 g/mol. The molecule has 0 aliphatic carbocycles. The number of benzene rings is 8. The summed E-state index contributed by atoms with van der Waals surface area (Å²) in [6.07, 6.45) is 5.25. The first-order chi connectivity index (χ1) is 28.6. The van der Waals surface area contributed by atoms with Crippen molar-refractivity contribution in [3.05, 3.63) is 221 Å². The summed E-state index contributed by atoms with van der Waals surface area (Å²) in [7, 11) is 0. The quantitative estimate of drug-likeness (QED) is 0.0874. The van der Waals surface area contributed by atoms with Crippen LogP contribution < -0.4 is 64.2 Å². The van der Waals surface area contributed by atoms with Crippen LogP contribution in [0, 0.1) is 0 Å². The molecule has 3 nitrogen and oxygen atoms in total. The Morgan fingerprint density at radius 1 is 0.550 bits per heavy atom. The Morgan fingerprint density at radius 3 is 1.40 bits per heavy atom. The van der Waals surface area contributed by atoms with Crippen molar-refractivity contribution in [2.24, 2.45) is 0 Å². The van der Waals surface area contributed by atoms with Crippen LogP contribution in [0.3, 0.4) is 0 Å². The van der Waals surface area contributed by atoms with Gasteiger partial charge in [0.25, 0.3) is 0 Å². The molecular formula is C54H55ClNa2O3. The number of hydrogen-bond acceptors (Lipinski definition) is 3. The molecule has 8 aromatic carbocycles. The van der Waals surface area contributed by atoms with Crippen LogP contribution in [-0.4, -0.2) is 24.9 Å².